The van der Waals surface area contributed by atoms with Gasteiger partial charge in [0.15, 0.2) is 0 Å². The van der Waals surface area contributed by atoms with Crippen molar-refractivity contribution in [3.05, 3.63) is 59.1 Å². The molecule has 0 bridgehead atoms. The van der Waals surface area contributed by atoms with E-state index in [2.05, 4.69) is 15.5 Å². The van der Waals surface area contributed by atoms with Crippen LogP contribution in [0, 0.1) is 0 Å². The lowest BCUT2D eigenvalue weighted by Gasteiger charge is -2.30. The molecule has 4 rings (SSSR count). The van der Waals surface area contributed by atoms with Gasteiger partial charge in [0.2, 0.25) is 11.8 Å². The Hall–Kier alpha value is -2.94. The van der Waals surface area contributed by atoms with Crippen LogP contribution < -0.4 is 15.5 Å². The molecule has 2 aliphatic rings. The van der Waals surface area contributed by atoms with Gasteiger partial charge in [0.05, 0.1) is 19.3 Å². The average molecular weight is 499 g/mol. The lowest BCUT2D eigenvalue weighted by Crippen LogP contribution is -2.48. The molecule has 2 N–H and O–H groups in total. The Morgan fingerprint density at radius 3 is 2.37 bits per heavy atom. The van der Waals surface area contributed by atoms with E-state index in [-0.39, 0.29) is 30.2 Å². The van der Waals surface area contributed by atoms with E-state index < -0.39 is 0 Å². The number of nitrogens with one attached hydrogen (secondary N) is 2. The molecular formula is C26H31ClN4O4. The van der Waals surface area contributed by atoms with Crippen LogP contribution in [0.3, 0.4) is 0 Å². The number of carbonyl (C=O) groups is 3. The zero-order valence-electron chi connectivity index (χ0n) is 19.7. The van der Waals surface area contributed by atoms with Gasteiger partial charge < -0.3 is 20.3 Å². The summed E-state index contributed by atoms with van der Waals surface area (Å²) in [5.74, 6) is -0.324. The minimum atomic E-state index is -0.378. The molecule has 9 heteroatoms. The lowest BCUT2D eigenvalue weighted by molar-refractivity contribution is -0.119. The number of carbonyl (C=O) groups excluding carboxylic acids is 3. The van der Waals surface area contributed by atoms with Crippen molar-refractivity contribution >= 4 is 40.7 Å². The monoisotopic (exact) mass is 498 g/mol. The normalized spacial score (nSPS) is 17.6. The van der Waals surface area contributed by atoms with Gasteiger partial charge in [-0.15, -0.1) is 0 Å². The van der Waals surface area contributed by atoms with Gasteiger partial charge in [-0.05, 0) is 61.4 Å². The average Bonchev–Trinajstić information content (AvgIpc) is 2.86. The molecule has 0 spiro atoms. The standard InChI is InChI=1S/C26H31ClN4O4/c27-20-6-8-21(9-7-20)28-24(32)17-22(18-30-13-15-35-16-14-30)29-26(34)19-4-10-23(11-5-19)31-12-2-1-3-25(31)33/h4-11,22H,1-3,12-18H2,(H,28,32)(H,29,34). The summed E-state index contributed by atoms with van der Waals surface area (Å²) >= 11 is 5.92. The van der Waals surface area contributed by atoms with Crippen LogP contribution in [0.25, 0.3) is 0 Å². The van der Waals surface area contributed by atoms with Crippen LogP contribution in [0.5, 0.6) is 0 Å². The predicted molar refractivity (Wildman–Crippen MR) is 136 cm³/mol. The Morgan fingerprint density at radius 1 is 0.971 bits per heavy atom. The highest BCUT2D eigenvalue weighted by molar-refractivity contribution is 6.30. The Bertz CT molecular complexity index is 1020. The molecule has 186 valence electrons. The number of benzene rings is 2. The van der Waals surface area contributed by atoms with Gasteiger partial charge in [0.25, 0.3) is 5.91 Å². The molecule has 2 aromatic rings. The first-order valence-corrected chi connectivity index (χ1v) is 12.4. The van der Waals surface area contributed by atoms with E-state index in [4.69, 9.17) is 16.3 Å². The van der Waals surface area contributed by atoms with E-state index in [9.17, 15) is 14.4 Å². The fraction of sp³-hybridized carbons (Fsp3) is 0.423. The van der Waals surface area contributed by atoms with Crippen LogP contribution in [-0.2, 0) is 14.3 Å². The van der Waals surface area contributed by atoms with Gasteiger partial charge in [-0.3, -0.25) is 19.3 Å². The van der Waals surface area contributed by atoms with Crippen molar-refractivity contribution < 1.29 is 19.1 Å². The molecule has 2 aliphatic heterocycles. The Labute approximate surface area is 210 Å². The van der Waals surface area contributed by atoms with Crippen LogP contribution in [0.1, 0.15) is 36.0 Å². The molecule has 2 fully saturated rings. The van der Waals surface area contributed by atoms with Crippen molar-refractivity contribution in [2.45, 2.75) is 31.7 Å². The van der Waals surface area contributed by atoms with Crippen LogP contribution in [0.15, 0.2) is 48.5 Å². The molecule has 3 amide bonds. The molecule has 2 heterocycles. The van der Waals surface area contributed by atoms with Crippen molar-refractivity contribution in [3.8, 4) is 0 Å². The second-order valence-electron chi connectivity index (χ2n) is 8.89. The number of anilines is 2. The number of amides is 3. The van der Waals surface area contributed by atoms with Crippen LogP contribution in [-0.4, -0.2) is 68.1 Å². The molecule has 1 unspecified atom stereocenters. The van der Waals surface area contributed by atoms with Gasteiger partial charge in [0.1, 0.15) is 0 Å². The van der Waals surface area contributed by atoms with Gasteiger partial charge in [-0.25, -0.2) is 0 Å². The third kappa shape index (κ3) is 7.27. The number of piperidine rings is 1. The van der Waals surface area contributed by atoms with E-state index in [1.54, 1.807) is 41.3 Å². The first-order valence-electron chi connectivity index (χ1n) is 12.0. The second-order valence-corrected chi connectivity index (χ2v) is 9.33. The highest BCUT2D eigenvalue weighted by Gasteiger charge is 2.23. The smallest absolute Gasteiger partial charge is 0.251 e. The Balaban J connectivity index is 1.40. The first-order chi connectivity index (χ1) is 17.0. The molecule has 0 radical (unpaired) electrons. The van der Waals surface area contributed by atoms with E-state index in [1.807, 2.05) is 12.1 Å². The maximum absolute atomic E-state index is 13.0. The van der Waals surface area contributed by atoms with E-state index in [1.165, 1.54) is 0 Å². The quantitative estimate of drug-likeness (QED) is 0.582. The fourth-order valence-electron chi connectivity index (χ4n) is 4.37. The van der Waals surface area contributed by atoms with E-state index in [0.717, 1.165) is 31.6 Å². The topological polar surface area (TPSA) is 91.0 Å². The fourth-order valence-corrected chi connectivity index (χ4v) is 4.49. The summed E-state index contributed by atoms with van der Waals surface area (Å²) in [4.78, 5) is 41.9. The molecule has 35 heavy (non-hydrogen) atoms. The zero-order valence-corrected chi connectivity index (χ0v) is 20.4. The number of ether oxygens (including phenoxy) is 1. The summed E-state index contributed by atoms with van der Waals surface area (Å²) in [6, 6.07) is 13.6. The molecule has 8 nitrogen and oxygen atoms in total. The van der Waals surface area contributed by atoms with Crippen molar-refractivity contribution in [1.29, 1.82) is 0 Å². The summed E-state index contributed by atoms with van der Waals surface area (Å²) in [7, 11) is 0. The summed E-state index contributed by atoms with van der Waals surface area (Å²) in [6.45, 7) is 4.02. The summed E-state index contributed by atoms with van der Waals surface area (Å²) in [5, 5.41) is 6.49. The zero-order chi connectivity index (χ0) is 24.6. The molecule has 0 aromatic heterocycles. The third-order valence-corrected chi connectivity index (χ3v) is 6.49. The van der Waals surface area contributed by atoms with Gasteiger partial charge in [0, 0.05) is 61.0 Å². The van der Waals surface area contributed by atoms with Gasteiger partial charge in [-0.2, -0.15) is 0 Å². The number of morpholine rings is 1. The number of nitrogens with zero attached hydrogens (tertiary/aromatic N) is 2. The largest absolute Gasteiger partial charge is 0.379 e. The van der Waals surface area contributed by atoms with Crippen LogP contribution in [0.2, 0.25) is 5.02 Å². The molecular weight excluding hydrogens is 468 g/mol. The number of hydrogen-bond donors (Lipinski definition) is 2. The number of rotatable bonds is 8. The minimum Gasteiger partial charge on any atom is -0.379 e. The summed E-state index contributed by atoms with van der Waals surface area (Å²) in [6.07, 6.45) is 2.59. The van der Waals surface area contributed by atoms with E-state index in [0.29, 0.717) is 49.0 Å². The van der Waals surface area contributed by atoms with Gasteiger partial charge >= 0.3 is 0 Å². The highest BCUT2D eigenvalue weighted by Crippen LogP contribution is 2.21. The van der Waals surface area contributed by atoms with E-state index >= 15 is 0 Å². The lowest BCUT2D eigenvalue weighted by atomic mass is 10.1. The molecule has 1 atom stereocenters. The van der Waals surface area contributed by atoms with Crippen LogP contribution in [0.4, 0.5) is 11.4 Å². The minimum absolute atomic E-state index is 0.116. The Kier molecular flexibility index (Phi) is 8.74. The molecule has 2 aromatic carbocycles. The van der Waals surface area contributed by atoms with Crippen LogP contribution >= 0.6 is 11.6 Å². The van der Waals surface area contributed by atoms with Crippen molar-refractivity contribution in [2.75, 3.05) is 49.6 Å². The Morgan fingerprint density at radius 2 is 1.69 bits per heavy atom. The van der Waals surface area contributed by atoms with Crippen molar-refractivity contribution in [2.24, 2.45) is 0 Å². The predicted octanol–water partition coefficient (Wildman–Crippen LogP) is 3.32. The molecule has 0 aliphatic carbocycles. The third-order valence-electron chi connectivity index (χ3n) is 6.24. The van der Waals surface area contributed by atoms with Gasteiger partial charge in [-0.1, -0.05) is 11.6 Å². The molecule has 2 saturated heterocycles. The van der Waals surface area contributed by atoms with Crippen molar-refractivity contribution in [3.63, 3.8) is 0 Å². The summed E-state index contributed by atoms with van der Waals surface area (Å²) < 4.78 is 5.42. The second kappa shape index (κ2) is 12.2. The maximum atomic E-state index is 13.0. The summed E-state index contributed by atoms with van der Waals surface area (Å²) in [5.41, 5.74) is 1.94. The first kappa shape index (κ1) is 25.2. The van der Waals surface area contributed by atoms with Crippen molar-refractivity contribution in [1.82, 2.24) is 10.2 Å². The highest BCUT2D eigenvalue weighted by atomic mass is 35.5. The number of hydrogen-bond acceptors (Lipinski definition) is 5. The SMILES string of the molecule is O=C(CC(CN1CCOCC1)NC(=O)c1ccc(N2CCCCC2=O)cc1)Nc1ccc(Cl)cc1. The molecule has 0 saturated carbocycles. The maximum Gasteiger partial charge on any atom is 0.251 e. The number of halogens is 1.